The number of carbonyl (C=O) groups excluding carboxylic acids is 2. The maximum absolute atomic E-state index is 13.1. The SMILES string of the molecule is C=C=C1CC[C@H](OCc2ccccc2)[C@@](C)(C2OC(C)(C)OC2C2=C(C)CCC(=O)C2(C)C)[C@H]1C=O. The Morgan fingerprint density at radius 1 is 1.08 bits per heavy atom. The maximum Gasteiger partial charge on any atom is 0.164 e. The molecule has 194 valence electrons. The third-order valence-corrected chi connectivity index (χ3v) is 8.62. The molecule has 1 saturated heterocycles. The summed E-state index contributed by atoms with van der Waals surface area (Å²) in [6.07, 6.45) is 2.41. The van der Waals surface area contributed by atoms with Gasteiger partial charge in [0.25, 0.3) is 0 Å². The van der Waals surface area contributed by atoms with E-state index in [1.54, 1.807) is 0 Å². The Balaban J connectivity index is 1.81. The van der Waals surface area contributed by atoms with E-state index in [9.17, 15) is 9.59 Å². The molecule has 2 fully saturated rings. The Kier molecular flexibility index (Phi) is 7.34. The second-order valence-electron chi connectivity index (χ2n) is 11.7. The van der Waals surface area contributed by atoms with Crippen molar-refractivity contribution in [2.45, 2.75) is 97.9 Å². The average molecular weight is 493 g/mol. The summed E-state index contributed by atoms with van der Waals surface area (Å²) in [6, 6.07) is 10.1. The highest BCUT2D eigenvalue weighted by Gasteiger charge is 2.61. The molecule has 1 heterocycles. The van der Waals surface area contributed by atoms with Crippen LogP contribution in [-0.4, -0.2) is 36.2 Å². The molecule has 1 saturated carbocycles. The fourth-order valence-corrected chi connectivity index (χ4v) is 6.61. The highest BCUT2D eigenvalue weighted by molar-refractivity contribution is 5.89. The lowest BCUT2D eigenvalue weighted by Crippen LogP contribution is -2.57. The molecule has 1 aromatic rings. The molecule has 3 aliphatic rings. The maximum atomic E-state index is 13.1. The molecule has 0 aromatic heterocycles. The zero-order chi connectivity index (χ0) is 26.3. The highest BCUT2D eigenvalue weighted by atomic mass is 16.8. The lowest BCUT2D eigenvalue weighted by Gasteiger charge is -2.50. The molecular formula is C31H40O5. The molecule has 2 unspecified atom stereocenters. The standard InChI is InChI=1S/C31H40O5/c1-8-22-15-17-25(34-19-21-12-10-9-11-13-21)31(7,23(22)18-32)28-27(35-30(5,6)36-28)26-20(2)14-16-24(33)29(26,3)4/h9-13,18,23,25,27-28H,1,14-17,19H2,2-7H3/t23-,25-,27?,28?,31-/m0/s1. The van der Waals surface area contributed by atoms with E-state index in [0.29, 0.717) is 25.9 Å². The molecule has 5 heteroatoms. The van der Waals surface area contributed by atoms with Crippen LogP contribution in [0.25, 0.3) is 0 Å². The molecule has 1 aliphatic heterocycles. The molecule has 2 aliphatic carbocycles. The quantitative estimate of drug-likeness (QED) is 0.272. The van der Waals surface area contributed by atoms with E-state index in [4.69, 9.17) is 14.2 Å². The smallest absolute Gasteiger partial charge is 0.164 e. The number of hydrogen-bond donors (Lipinski definition) is 0. The molecule has 0 amide bonds. The summed E-state index contributed by atoms with van der Waals surface area (Å²) in [5, 5.41) is 0. The van der Waals surface area contributed by atoms with Crippen molar-refractivity contribution in [3.8, 4) is 0 Å². The first kappa shape index (κ1) is 26.8. The van der Waals surface area contributed by atoms with Crippen molar-refractivity contribution < 1.29 is 23.8 Å². The minimum atomic E-state index is -0.880. The summed E-state index contributed by atoms with van der Waals surface area (Å²) >= 11 is 0. The van der Waals surface area contributed by atoms with E-state index in [2.05, 4.69) is 26.2 Å². The van der Waals surface area contributed by atoms with Crippen molar-refractivity contribution in [3.63, 3.8) is 0 Å². The van der Waals surface area contributed by atoms with Crippen LogP contribution >= 0.6 is 0 Å². The monoisotopic (exact) mass is 492 g/mol. The van der Waals surface area contributed by atoms with Gasteiger partial charge in [-0.05, 0) is 70.6 Å². The van der Waals surface area contributed by atoms with Crippen molar-refractivity contribution >= 4 is 12.1 Å². The number of allylic oxidation sites excluding steroid dienone is 2. The minimum Gasteiger partial charge on any atom is -0.373 e. The molecule has 0 bridgehead atoms. The van der Waals surface area contributed by atoms with Gasteiger partial charge < -0.3 is 19.0 Å². The van der Waals surface area contributed by atoms with Crippen LogP contribution in [0.2, 0.25) is 0 Å². The van der Waals surface area contributed by atoms with E-state index < -0.39 is 34.7 Å². The lowest BCUT2D eigenvalue weighted by molar-refractivity contribution is -0.185. The topological polar surface area (TPSA) is 61.8 Å². The first-order valence-electron chi connectivity index (χ1n) is 13.0. The molecule has 1 aromatic carbocycles. The zero-order valence-electron chi connectivity index (χ0n) is 22.6. The summed E-state index contributed by atoms with van der Waals surface area (Å²) in [4.78, 5) is 25.8. The van der Waals surface area contributed by atoms with Gasteiger partial charge in [-0.15, -0.1) is 5.73 Å². The summed E-state index contributed by atoms with van der Waals surface area (Å²) < 4.78 is 19.9. The van der Waals surface area contributed by atoms with Gasteiger partial charge in [-0.2, -0.15) is 0 Å². The van der Waals surface area contributed by atoms with Crippen LogP contribution in [0.5, 0.6) is 0 Å². The number of carbonyl (C=O) groups is 2. The van der Waals surface area contributed by atoms with Crippen LogP contribution in [0, 0.1) is 16.7 Å². The Bertz CT molecular complexity index is 1090. The summed E-state index contributed by atoms with van der Waals surface area (Å²) in [5.41, 5.74) is 5.72. The number of ether oxygens (including phenoxy) is 3. The molecule has 0 radical (unpaired) electrons. The molecular weight excluding hydrogens is 452 g/mol. The van der Waals surface area contributed by atoms with Gasteiger partial charge in [-0.1, -0.05) is 49.4 Å². The van der Waals surface area contributed by atoms with Gasteiger partial charge in [0.05, 0.1) is 24.7 Å². The summed E-state index contributed by atoms with van der Waals surface area (Å²) in [6.45, 7) is 16.3. The van der Waals surface area contributed by atoms with E-state index in [0.717, 1.165) is 29.4 Å². The normalized spacial score (nSPS) is 33.9. The van der Waals surface area contributed by atoms with Crippen molar-refractivity contribution in [2.75, 3.05) is 0 Å². The Hall–Kier alpha value is -2.30. The third kappa shape index (κ3) is 4.59. The van der Waals surface area contributed by atoms with E-state index in [1.165, 1.54) is 5.57 Å². The molecule has 5 nitrogen and oxygen atoms in total. The van der Waals surface area contributed by atoms with Crippen LogP contribution in [0.1, 0.15) is 72.8 Å². The second-order valence-corrected chi connectivity index (χ2v) is 11.7. The Labute approximate surface area is 215 Å². The van der Waals surface area contributed by atoms with Crippen molar-refractivity contribution in [3.05, 3.63) is 64.9 Å². The minimum absolute atomic E-state index is 0.208. The van der Waals surface area contributed by atoms with Crippen LogP contribution in [-0.2, 0) is 30.4 Å². The van der Waals surface area contributed by atoms with Crippen LogP contribution in [0.4, 0.5) is 0 Å². The van der Waals surface area contributed by atoms with Crippen molar-refractivity contribution in [1.29, 1.82) is 0 Å². The Morgan fingerprint density at radius 2 is 1.78 bits per heavy atom. The predicted molar refractivity (Wildman–Crippen MR) is 139 cm³/mol. The number of ketones is 1. The first-order chi connectivity index (χ1) is 17.0. The number of benzene rings is 1. The lowest BCUT2D eigenvalue weighted by atomic mass is 9.58. The van der Waals surface area contributed by atoms with Gasteiger partial charge in [-0.25, -0.2) is 0 Å². The highest BCUT2D eigenvalue weighted by Crippen LogP contribution is 2.55. The number of hydrogen-bond acceptors (Lipinski definition) is 5. The fourth-order valence-electron chi connectivity index (χ4n) is 6.61. The second kappa shape index (κ2) is 9.87. The summed E-state index contributed by atoms with van der Waals surface area (Å²) in [7, 11) is 0. The van der Waals surface area contributed by atoms with Crippen molar-refractivity contribution in [2.24, 2.45) is 16.7 Å². The van der Waals surface area contributed by atoms with Crippen LogP contribution in [0.15, 0.2) is 59.4 Å². The van der Waals surface area contributed by atoms with E-state index >= 15 is 0 Å². The van der Waals surface area contributed by atoms with Crippen LogP contribution < -0.4 is 0 Å². The predicted octanol–water partition coefficient (Wildman–Crippen LogP) is 6.12. The third-order valence-electron chi connectivity index (χ3n) is 8.62. The fraction of sp³-hybridized carbons (Fsp3) is 0.581. The van der Waals surface area contributed by atoms with Gasteiger partial charge in [0.2, 0.25) is 0 Å². The van der Waals surface area contributed by atoms with Crippen LogP contribution in [0.3, 0.4) is 0 Å². The van der Waals surface area contributed by atoms with E-state index in [1.807, 2.05) is 58.0 Å². The molecule has 5 atom stereocenters. The number of rotatable bonds is 6. The largest absolute Gasteiger partial charge is 0.373 e. The molecule has 36 heavy (non-hydrogen) atoms. The number of aldehydes is 1. The van der Waals surface area contributed by atoms with Gasteiger partial charge in [0, 0.05) is 17.3 Å². The zero-order valence-corrected chi connectivity index (χ0v) is 22.6. The molecule has 0 spiro atoms. The van der Waals surface area contributed by atoms with E-state index in [-0.39, 0.29) is 11.9 Å². The van der Waals surface area contributed by atoms with Gasteiger partial charge in [0.15, 0.2) is 5.79 Å². The van der Waals surface area contributed by atoms with Gasteiger partial charge in [-0.3, -0.25) is 4.79 Å². The number of Topliss-reactive ketones (excluding diaryl/α,β-unsaturated/α-hetero) is 1. The molecule has 4 rings (SSSR count). The van der Waals surface area contributed by atoms with Gasteiger partial charge in [0.1, 0.15) is 18.2 Å². The summed E-state index contributed by atoms with van der Waals surface area (Å²) in [5.74, 6) is -1.16. The molecule has 0 N–H and O–H groups in total. The Morgan fingerprint density at radius 3 is 2.42 bits per heavy atom. The van der Waals surface area contributed by atoms with Gasteiger partial charge >= 0.3 is 0 Å². The average Bonchev–Trinajstić information content (AvgIpc) is 3.16. The van der Waals surface area contributed by atoms with Crippen molar-refractivity contribution in [1.82, 2.24) is 0 Å². The first-order valence-corrected chi connectivity index (χ1v) is 13.0.